The van der Waals surface area contributed by atoms with Gasteiger partial charge < -0.3 is 15.8 Å². The molecular formula is C11H16N2O2. The van der Waals surface area contributed by atoms with Crippen LogP contribution in [0.4, 0.5) is 11.4 Å². The average Bonchev–Trinajstić information content (AvgIpc) is 2.19. The number of benzene rings is 1. The van der Waals surface area contributed by atoms with E-state index in [0.717, 1.165) is 11.3 Å². The molecule has 1 aromatic rings. The molecule has 0 spiro atoms. The first-order valence-electron chi connectivity index (χ1n) is 4.78. The molecule has 0 unspecified atom stereocenters. The van der Waals surface area contributed by atoms with Crippen LogP contribution < -0.4 is 11.1 Å². The van der Waals surface area contributed by atoms with Crippen molar-refractivity contribution >= 4 is 17.3 Å². The highest BCUT2D eigenvalue weighted by Gasteiger charge is 2.04. The van der Waals surface area contributed by atoms with E-state index in [1.165, 1.54) is 0 Å². The van der Waals surface area contributed by atoms with E-state index >= 15 is 0 Å². The normalized spacial score (nSPS) is 10.0. The minimum atomic E-state index is -0.0512. The first-order chi connectivity index (χ1) is 7.13. The van der Waals surface area contributed by atoms with Crippen LogP contribution in [-0.2, 0) is 9.53 Å². The molecule has 1 amide bonds. The summed E-state index contributed by atoms with van der Waals surface area (Å²) in [5.41, 5.74) is 8.06. The van der Waals surface area contributed by atoms with Crippen LogP contribution in [0, 0.1) is 6.92 Å². The van der Waals surface area contributed by atoms with Crippen LogP contribution in [0.15, 0.2) is 18.2 Å². The highest BCUT2D eigenvalue weighted by atomic mass is 16.5. The minimum Gasteiger partial charge on any atom is -0.399 e. The van der Waals surface area contributed by atoms with Gasteiger partial charge in [-0.05, 0) is 30.7 Å². The van der Waals surface area contributed by atoms with Gasteiger partial charge in [0.1, 0.15) is 0 Å². The second-order valence-corrected chi connectivity index (χ2v) is 3.37. The van der Waals surface area contributed by atoms with Crippen LogP contribution in [-0.4, -0.2) is 19.6 Å². The van der Waals surface area contributed by atoms with Crippen molar-refractivity contribution in [3.63, 3.8) is 0 Å². The molecule has 15 heavy (non-hydrogen) atoms. The van der Waals surface area contributed by atoms with Crippen molar-refractivity contribution in [2.45, 2.75) is 13.3 Å². The van der Waals surface area contributed by atoms with Crippen molar-refractivity contribution in [1.29, 1.82) is 0 Å². The Morgan fingerprint density at radius 2 is 2.27 bits per heavy atom. The lowest BCUT2D eigenvalue weighted by atomic mass is 10.2. The number of anilines is 2. The van der Waals surface area contributed by atoms with E-state index in [2.05, 4.69) is 5.32 Å². The van der Waals surface area contributed by atoms with Crippen molar-refractivity contribution in [3.8, 4) is 0 Å². The van der Waals surface area contributed by atoms with Crippen LogP contribution in [0.2, 0.25) is 0 Å². The Balaban J connectivity index is 2.60. The molecule has 0 bridgehead atoms. The van der Waals surface area contributed by atoms with Crippen molar-refractivity contribution < 1.29 is 9.53 Å². The zero-order valence-corrected chi connectivity index (χ0v) is 9.04. The van der Waals surface area contributed by atoms with Gasteiger partial charge in [-0.15, -0.1) is 0 Å². The predicted molar refractivity (Wildman–Crippen MR) is 60.7 cm³/mol. The molecule has 0 radical (unpaired) electrons. The number of carbonyl (C=O) groups is 1. The van der Waals surface area contributed by atoms with Gasteiger partial charge in [-0.3, -0.25) is 4.79 Å². The zero-order chi connectivity index (χ0) is 11.3. The molecule has 4 nitrogen and oxygen atoms in total. The standard InChI is InChI=1S/C11H16N2O2/c1-8-7-9(12)3-4-10(8)13-11(14)5-6-15-2/h3-4,7H,5-6,12H2,1-2H3,(H,13,14). The molecule has 82 valence electrons. The molecule has 0 saturated heterocycles. The van der Waals surface area contributed by atoms with Gasteiger partial charge in [-0.25, -0.2) is 0 Å². The number of nitrogens with two attached hydrogens (primary N) is 1. The number of rotatable bonds is 4. The Hall–Kier alpha value is -1.55. The Kier molecular flexibility index (Phi) is 4.12. The van der Waals surface area contributed by atoms with Crippen LogP contribution >= 0.6 is 0 Å². The molecule has 1 aromatic carbocycles. The number of nitrogen functional groups attached to an aromatic ring is 1. The largest absolute Gasteiger partial charge is 0.399 e. The lowest BCUT2D eigenvalue weighted by molar-refractivity contribution is -0.117. The van der Waals surface area contributed by atoms with Gasteiger partial charge in [0, 0.05) is 18.5 Å². The van der Waals surface area contributed by atoms with Crippen LogP contribution in [0.3, 0.4) is 0 Å². The summed E-state index contributed by atoms with van der Waals surface area (Å²) in [5.74, 6) is -0.0512. The summed E-state index contributed by atoms with van der Waals surface area (Å²) in [5, 5.41) is 2.80. The van der Waals surface area contributed by atoms with Gasteiger partial charge in [-0.2, -0.15) is 0 Å². The number of amides is 1. The molecule has 0 aliphatic rings. The van der Waals surface area contributed by atoms with Crippen molar-refractivity contribution in [2.24, 2.45) is 0 Å². The summed E-state index contributed by atoms with van der Waals surface area (Å²) in [6.07, 6.45) is 0.361. The highest BCUT2D eigenvalue weighted by molar-refractivity contribution is 5.91. The molecule has 0 aliphatic heterocycles. The molecule has 3 N–H and O–H groups in total. The number of nitrogens with one attached hydrogen (secondary N) is 1. The van der Waals surface area contributed by atoms with Crippen LogP contribution in [0.5, 0.6) is 0 Å². The van der Waals surface area contributed by atoms with Gasteiger partial charge in [-0.1, -0.05) is 0 Å². The van der Waals surface area contributed by atoms with Gasteiger partial charge >= 0.3 is 0 Å². The first-order valence-corrected chi connectivity index (χ1v) is 4.78. The molecule has 0 aliphatic carbocycles. The van der Waals surface area contributed by atoms with Crippen molar-refractivity contribution in [2.75, 3.05) is 24.8 Å². The van der Waals surface area contributed by atoms with Crippen LogP contribution in [0.25, 0.3) is 0 Å². The third-order valence-electron chi connectivity index (χ3n) is 2.06. The highest BCUT2D eigenvalue weighted by Crippen LogP contribution is 2.17. The fourth-order valence-corrected chi connectivity index (χ4v) is 1.23. The number of hydrogen-bond donors (Lipinski definition) is 2. The monoisotopic (exact) mass is 208 g/mol. The van der Waals surface area contributed by atoms with Crippen molar-refractivity contribution in [3.05, 3.63) is 23.8 Å². The quantitative estimate of drug-likeness (QED) is 0.738. The van der Waals surface area contributed by atoms with E-state index in [1.54, 1.807) is 19.2 Å². The molecular weight excluding hydrogens is 192 g/mol. The second-order valence-electron chi connectivity index (χ2n) is 3.37. The summed E-state index contributed by atoms with van der Waals surface area (Å²) in [6.45, 7) is 2.34. The third kappa shape index (κ3) is 3.59. The number of hydrogen-bond acceptors (Lipinski definition) is 3. The van der Waals surface area contributed by atoms with Gasteiger partial charge in [0.25, 0.3) is 0 Å². The lowest BCUT2D eigenvalue weighted by Gasteiger charge is -2.08. The summed E-state index contributed by atoms with van der Waals surface area (Å²) < 4.78 is 4.82. The molecule has 1 rings (SSSR count). The SMILES string of the molecule is COCCC(=O)Nc1ccc(N)cc1C. The van der Waals surface area contributed by atoms with E-state index < -0.39 is 0 Å². The van der Waals surface area contributed by atoms with Crippen LogP contribution in [0.1, 0.15) is 12.0 Å². The Morgan fingerprint density at radius 3 is 2.87 bits per heavy atom. The summed E-state index contributed by atoms with van der Waals surface area (Å²) >= 11 is 0. The van der Waals surface area contributed by atoms with E-state index in [4.69, 9.17) is 10.5 Å². The van der Waals surface area contributed by atoms with Gasteiger partial charge in [0.2, 0.25) is 5.91 Å². The van der Waals surface area contributed by atoms with Gasteiger partial charge in [0.15, 0.2) is 0 Å². The number of carbonyl (C=O) groups excluding carboxylic acids is 1. The fraction of sp³-hybridized carbons (Fsp3) is 0.364. The second kappa shape index (κ2) is 5.36. The minimum absolute atomic E-state index is 0.0512. The zero-order valence-electron chi connectivity index (χ0n) is 9.04. The van der Waals surface area contributed by atoms with E-state index in [0.29, 0.717) is 18.7 Å². The number of aryl methyl sites for hydroxylation is 1. The maximum atomic E-state index is 11.4. The maximum absolute atomic E-state index is 11.4. The number of ether oxygens (including phenoxy) is 1. The Labute approximate surface area is 89.4 Å². The predicted octanol–water partition coefficient (Wildman–Crippen LogP) is 1.55. The molecule has 0 aromatic heterocycles. The molecule has 0 heterocycles. The summed E-state index contributed by atoms with van der Waals surface area (Å²) in [6, 6.07) is 5.39. The van der Waals surface area contributed by atoms with E-state index in [9.17, 15) is 4.79 Å². The lowest BCUT2D eigenvalue weighted by Crippen LogP contribution is -2.14. The summed E-state index contributed by atoms with van der Waals surface area (Å²) in [4.78, 5) is 11.4. The smallest absolute Gasteiger partial charge is 0.226 e. The molecule has 0 fully saturated rings. The average molecular weight is 208 g/mol. The van der Waals surface area contributed by atoms with Gasteiger partial charge in [0.05, 0.1) is 13.0 Å². The molecule has 0 saturated carbocycles. The third-order valence-corrected chi connectivity index (χ3v) is 2.06. The summed E-state index contributed by atoms with van der Waals surface area (Å²) in [7, 11) is 1.57. The maximum Gasteiger partial charge on any atom is 0.226 e. The molecule has 0 atom stereocenters. The Bertz CT molecular complexity index is 350. The van der Waals surface area contributed by atoms with E-state index in [1.807, 2.05) is 13.0 Å². The first kappa shape index (κ1) is 11.5. The number of methoxy groups -OCH3 is 1. The van der Waals surface area contributed by atoms with Crippen molar-refractivity contribution in [1.82, 2.24) is 0 Å². The molecule has 4 heteroatoms. The fourth-order valence-electron chi connectivity index (χ4n) is 1.23. The topological polar surface area (TPSA) is 64.3 Å². The van der Waals surface area contributed by atoms with E-state index in [-0.39, 0.29) is 5.91 Å². The Morgan fingerprint density at radius 1 is 1.53 bits per heavy atom.